The van der Waals surface area contributed by atoms with E-state index in [1.807, 2.05) is 24.8 Å². The molecule has 9 nitrogen and oxygen atoms in total. The van der Waals surface area contributed by atoms with Crippen LogP contribution in [0.25, 0.3) is 44.6 Å². The molecule has 0 radical (unpaired) electrons. The van der Waals surface area contributed by atoms with Crippen LogP contribution in [0.5, 0.6) is 0 Å². The monoisotopic (exact) mass is 523 g/mol. The summed E-state index contributed by atoms with van der Waals surface area (Å²) < 4.78 is 0. The predicted octanol–water partition coefficient (Wildman–Crippen LogP) is 4.54. The van der Waals surface area contributed by atoms with Gasteiger partial charge in [-0.05, 0) is 73.8 Å². The molecule has 200 valence electrons. The van der Waals surface area contributed by atoms with Gasteiger partial charge in [-0.25, -0.2) is 4.98 Å². The maximum Gasteiger partial charge on any atom is 0.159 e. The summed E-state index contributed by atoms with van der Waals surface area (Å²) in [5.74, 6) is 1.08. The topological polar surface area (TPSA) is 127 Å². The first-order valence-corrected chi connectivity index (χ1v) is 14.0. The van der Waals surface area contributed by atoms with Crippen LogP contribution in [-0.4, -0.2) is 70.5 Å². The van der Waals surface area contributed by atoms with Gasteiger partial charge < -0.3 is 15.2 Å². The minimum atomic E-state index is -0.192. The van der Waals surface area contributed by atoms with Gasteiger partial charge in [0, 0.05) is 54.7 Å². The maximum absolute atomic E-state index is 9.96. The van der Waals surface area contributed by atoms with Crippen molar-refractivity contribution >= 4 is 21.9 Å². The summed E-state index contributed by atoms with van der Waals surface area (Å²) in [4.78, 5) is 19.9. The molecular formula is C30H33N7O2. The zero-order valence-corrected chi connectivity index (χ0v) is 21.8. The molecule has 7 rings (SSSR count). The fourth-order valence-corrected chi connectivity index (χ4v) is 6.19. The second-order valence-electron chi connectivity index (χ2n) is 11.1. The molecule has 1 aliphatic heterocycles. The fourth-order valence-electron chi connectivity index (χ4n) is 6.19. The molecule has 0 unspecified atom stereocenters. The van der Waals surface area contributed by atoms with Crippen molar-refractivity contribution in [1.82, 2.24) is 35.0 Å². The third-order valence-electron chi connectivity index (χ3n) is 8.44. The molecule has 5 heterocycles. The lowest BCUT2D eigenvalue weighted by Gasteiger charge is -2.29. The minimum Gasteiger partial charge on any atom is -0.393 e. The van der Waals surface area contributed by atoms with Gasteiger partial charge in [0.25, 0.3) is 0 Å². The van der Waals surface area contributed by atoms with Crippen LogP contribution in [0, 0.1) is 0 Å². The molecule has 1 aliphatic carbocycles. The van der Waals surface area contributed by atoms with Crippen LogP contribution in [0.4, 0.5) is 0 Å². The van der Waals surface area contributed by atoms with Crippen LogP contribution < -0.4 is 0 Å². The molecule has 5 aromatic rings. The van der Waals surface area contributed by atoms with Crippen LogP contribution in [0.3, 0.4) is 0 Å². The molecule has 4 aromatic heterocycles. The molecule has 9 heteroatoms. The van der Waals surface area contributed by atoms with Gasteiger partial charge in [-0.15, -0.1) is 0 Å². The Kier molecular flexibility index (Phi) is 6.34. The summed E-state index contributed by atoms with van der Waals surface area (Å²) in [7, 11) is 0. The van der Waals surface area contributed by atoms with Crippen LogP contribution >= 0.6 is 0 Å². The molecule has 4 N–H and O–H groups in total. The molecule has 2 fully saturated rings. The number of benzene rings is 1. The number of nitrogens with zero attached hydrogens (tertiary/aromatic N) is 5. The van der Waals surface area contributed by atoms with Gasteiger partial charge in [0.1, 0.15) is 5.69 Å². The van der Waals surface area contributed by atoms with Crippen LogP contribution in [0.1, 0.15) is 55.6 Å². The molecule has 0 amide bonds. The Morgan fingerprint density at radius 1 is 0.821 bits per heavy atom. The highest BCUT2D eigenvalue weighted by molar-refractivity contribution is 5.95. The van der Waals surface area contributed by atoms with E-state index in [1.165, 1.54) is 5.56 Å². The standard InChI is InChI=1S/C30H33N7O2/c38-22-4-1-19(2-5-22)25-15-32-16-27-28(25)34-30(33-27)29-24-12-20(3-6-26(24)35-36-29)21-11-18(13-31-14-21)17-37-9-7-23(39)8-10-37/h3,6,11-16,19,22-23,38-39H,1-2,4-5,7-10,17H2,(H,33,34)(H,35,36). The number of hydrogen-bond donors (Lipinski definition) is 4. The lowest BCUT2D eigenvalue weighted by Crippen LogP contribution is -2.35. The summed E-state index contributed by atoms with van der Waals surface area (Å²) in [6.45, 7) is 2.66. The molecule has 0 spiro atoms. The largest absolute Gasteiger partial charge is 0.393 e. The lowest BCUT2D eigenvalue weighted by molar-refractivity contribution is 0.0792. The maximum atomic E-state index is 9.96. The summed E-state index contributed by atoms with van der Waals surface area (Å²) in [6.07, 6.45) is 12.4. The van der Waals surface area contributed by atoms with E-state index < -0.39 is 0 Å². The van der Waals surface area contributed by atoms with Crippen molar-refractivity contribution in [3.05, 3.63) is 60.2 Å². The van der Waals surface area contributed by atoms with Gasteiger partial charge in [-0.3, -0.25) is 20.0 Å². The van der Waals surface area contributed by atoms with E-state index >= 15 is 0 Å². The van der Waals surface area contributed by atoms with E-state index in [4.69, 9.17) is 4.98 Å². The van der Waals surface area contributed by atoms with Crippen molar-refractivity contribution in [3.63, 3.8) is 0 Å². The molecule has 2 aliphatic rings. The molecular weight excluding hydrogens is 490 g/mol. The zero-order valence-electron chi connectivity index (χ0n) is 21.8. The Hall–Kier alpha value is -3.66. The van der Waals surface area contributed by atoms with E-state index in [1.54, 1.807) is 0 Å². The molecule has 1 aromatic carbocycles. The minimum absolute atomic E-state index is 0.169. The van der Waals surface area contributed by atoms with Gasteiger partial charge >= 0.3 is 0 Å². The number of H-pyrrole nitrogens is 2. The summed E-state index contributed by atoms with van der Waals surface area (Å²) in [5.41, 5.74) is 8.03. The molecule has 0 atom stereocenters. The van der Waals surface area contributed by atoms with Crippen molar-refractivity contribution in [2.24, 2.45) is 0 Å². The number of piperidine rings is 1. The van der Waals surface area contributed by atoms with Crippen molar-refractivity contribution in [3.8, 4) is 22.6 Å². The SMILES string of the molecule is OC1CCC(c2cncc3[nH]c(-c4n[nH]c5ccc(-c6cncc(CN7CCC(O)CC7)c6)cc45)nc23)CC1. The summed E-state index contributed by atoms with van der Waals surface area (Å²) in [6, 6.07) is 8.52. The molecule has 0 bridgehead atoms. The van der Waals surface area contributed by atoms with Crippen LogP contribution in [0.2, 0.25) is 0 Å². The Morgan fingerprint density at radius 2 is 1.62 bits per heavy atom. The number of likely N-dealkylation sites (tertiary alicyclic amines) is 1. The van der Waals surface area contributed by atoms with E-state index in [2.05, 4.69) is 54.3 Å². The third kappa shape index (κ3) is 4.82. The van der Waals surface area contributed by atoms with Crippen LogP contribution in [-0.2, 0) is 6.54 Å². The Morgan fingerprint density at radius 3 is 2.46 bits per heavy atom. The van der Waals surface area contributed by atoms with Gasteiger partial charge in [0.15, 0.2) is 5.82 Å². The van der Waals surface area contributed by atoms with Crippen molar-refractivity contribution < 1.29 is 10.2 Å². The first-order chi connectivity index (χ1) is 19.1. The van der Waals surface area contributed by atoms with E-state index in [9.17, 15) is 10.2 Å². The Balaban J connectivity index is 1.20. The predicted molar refractivity (Wildman–Crippen MR) is 150 cm³/mol. The first kappa shape index (κ1) is 24.4. The van der Waals surface area contributed by atoms with Crippen molar-refractivity contribution in [2.45, 2.75) is 63.2 Å². The zero-order chi connectivity index (χ0) is 26.3. The number of fused-ring (bicyclic) bond motifs is 2. The van der Waals surface area contributed by atoms with Crippen LogP contribution in [0.15, 0.2) is 49.1 Å². The van der Waals surface area contributed by atoms with Crippen molar-refractivity contribution in [2.75, 3.05) is 13.1 Å². The van der Waals surface area contributed by atoms with E-state index in [-0.39, 0.29) is 12.2 Å². The summed E-state index contributed by atoms with van der Waals surface area (Å²) in [5, 5.41) is 28.6. The number of hydrogen-bond acceptors (Lipinski definition) is 7. The number of aromatic amines is 2. The third-order valence-corrected chi connectivity index (χ3v) is 8.44. The Labute approximate surface area is 226 Å². The fraction of sp³-hybridized carbons (Fsp3) is 0.400. The first-order valence-electron chi connectivity index (χ1n) is 14.0. The Bertz CT molecular complexity index is 1610. The highest BCUT2D eigenvalue weighted by atomic mass is 16.3. The number of aliphatic hydroxyl groups is 2. The van der Waals surface area contributed by atoms with Crippen molar-refractivity contribution in [1.29, 1.82) is 0 Å². The second kappa shape index (κ2) is 10.1. The van der Waals surface area contributed by atoms with Gasteiger partial charge in [0.2, 0.25) is 0 Å². The number of nitrogens with one attached hydrogen (secondary N) is 2. The van der Waals surface area contributed by atoms with Gasteiger partial charge in [0.05, 0.1) is 35.0 Å². The van der Waals surface area contributed by atoms with Gasteiger partial charge in [-0.1, -0.05) is 6.07 Å². The molecule has 1 saturated heterocycles. The van der Waals surface area contributed by atoms with E-state index in [0.29, 0.717) is 5.92 Å². The smallest absolute Gasteiger partial charge is 0.159 e. The number of rotatable bonds is 5. The highest BCUT2D eigenvalue weighted by Crippen LogP contribution is 2.37. The number of aromatic nitrogens is 6. The number of imidazole rings is 1. The normalized spacial score (nSPS) is 21.2. The summed E-state index contributed by atoms with van der Waals surface area (Å²) >= 11 is 0. The average molecular weight is 524 g/mol. The second-order valence-corrected chi connectivity index (χ2v) is 11.1. The lowest BCUT2D eigenvalue weighted by atomic mass is 9.83. The highest BCUT2D eigenvalue weighted by Gasteiger charge is 2.24. The average Bonchev–Trinajstić information content (AvgIpc) is 3.59. The van der Waals surface area contributed by atoms with Gasteiger partial charge in [-0.2, -0.15) is 5.10 Å². The molecule has 1 saturated carbocycles. The number of aliphatic hydroxyl groups excluding tert-OH is 2. The quantitative estimate of drug-likeness (QED) is 0.266. The van der Waals surface area contributed by atoms with E-state index in [0.717, 1.165) is 108 Å². The molecule has 39 heavy (non-hydrogen) atoms. The number of pyridine rings is 2.